The van der Waals surface area contributed by atoms with Crippen molar-refractivity contribution in [3.8, 4) is 0 Å². The fourth-order valence-corrected chi connectivity index (χ4v) is 3.04. The molecule has 1 aromatic carbocycles. The lowest BCUT2D eigenvalue weighted by Gasteiger charge is -2.15. The van der Waals surface area contributed by atoms with E-state index in [2.05, 4.69) is 32.3 Å². The summed E-state index contributed by atoms with van der Waals surface area (Å²) in [6, 6.07) is 4.79. The van der Waals surface area contributed by atoms with Crippen LogP contribution >= 0.6 is 0 Å². The lowest BCUT2D eigenvalue weighted by Crippen LogP contribution is -2.26. The Morgan fingerprint density at radius 3 is 2.37 bits per heavy atom. The third kappa shape index (κ3) is 2.31. The molecule has 0 amide bonds. The summed E-state index contributed by atoms with van der Waals surface area (Å²) in [4.78, 5) is -0.0416. The van der Waals surface area contributed by atoms with Crippen LogP contribution in [-0.4, -0.2) is 35.3 Å². The number of rotatable bonds is 2. The van der Waals surface area contributed by atoms with E-state index in [4.69, 9.17) is 4.55 Å². The Bertz CT molecular complexity index is 645. The highest BCUT2D eigenvalue weighted by Crippen LogP contribution is 2.40. The van der Waals surface area contributed by atoms with Crippen LogP contribution < -0.4 is 0 Å². The van der Waals surface area contributed by atoms with Crippen molar-refractivity contribution in [2.45, 2.75) is 38.0 Å². The van der Waals surface area contributed by atoms with Gasteiger partial charge in [0.1, 0.15) is 6.54 Å². The Labute approximate surface area is 113 Å². The first-order chi connectivity index (χ1) is 8.19. The normalized spacial score (nSPS) is 17.1. The van der Waals surface area contributed by atoms with Gasteiger partial charge in [0.15, 0.2) is 5.71 Å². The van der Waals surface area contributed by atoms with E-state index in [0.717, 1.165) is 17.8 Å². The zero-order valence-electron chi connectivity index (χ0n) is 11.5. The number of benzene rings is 1. The molecule has 0 spiro atoms. The molecule has 106 valence electrons. The van der Waals surface area contributed by atoms with E-state index in [9.17, 15) is 8.42 Å². The Kier molecular flexibility index (Phi) is 3.91. The van der Waals surface area contributed by atoms with Crippen LogP contribution in [0.5, 0.6) is 0 Å². The first kappa shape index (κ1) is 15.8. The summed E-state index contributed by atoms with van der Waals surface area (Å²) in [6.07, 6.45) is 0. The predicted octanol–water partition coefficient (Wildman–Crippen LogP) is 2.17. The van der Waals surface area contributed by atoms with E-state index in [1.54, 1.807) is 12.1 Å². The second-order valence-electron chi connectivity index (χ2n) is 5.11. The second-order valence-corrected chi connectivity index (χ2v) is 6.53. The summed E-state index contributed by atoms with van der Waals surface area (Å²) in [6.45, 7) is 9.07. The van der Waals surface area contributed by atoms with Gasteiger partial charge >= 0.3 is 0 Å². The third-order valence-electron chi connectivity index (χ3n) is 3.86. The Hall–Kier alpha value is -1.24. The van der Waals surface area contributed by atoms with Gasteiger partial charge < -0.3 is 5.48 Å². The molecule has 1 aliphatic rings. The van der Waals surface area contributed by atoms with Crippen molar-refractivity contribution in [3.05, 3.63) is 23.8 Å². The molecule has 1 heterocycles. The van der Waals surface area contributed by atoms with Gasteiger partial charge in [-0.05, 0) is 32.9 Å². The van der Waals surface area contributed by atoms with Gasteiger partial charge in [-0.2, -0.15) is 13.0 Å². The number of hydrogen-bond donors (Lipinski definition) is 1. The smallest absolute Gasteiger partial charge is 0.294 e. The van der Waals surface area contributed by atoms with Crippen LogP contribution in [0.15, 0.2) is 23.1 Å². The van der Waals surface area contributed by atoms with Gasteiger partial charge in [-0.3, -0.25) is 4.55 Å². The van der Waals surface area contributed by atoms with Crippen LogP contribution in [-0.2, 0) is 15.5 Å². The van der Waals surface area contributed by atoms with E-state index >= 15 is 0 Å². The summed E-state index contributed by atoms with van der Waals surface area (Å²) in [5.74, 6) is 0. The van der Waals surface area contributed by atoms with Gasteiger partial charge in [0, 0.05) is 18.6 Å². The molecule has 0 aromatic heterocycles. The maximum atomic E-state index is 11.2. The van der Waals surface area contributed by atoms with Crippen LogP contribution in [0, 0.1) is 0 Å². The fraction of sp³-hybridized carbons (Fsp3) is 0.462. The van der Waals surface area contributed by atoms with Gasteiger partial charge in [-0.1, -0.05) is 0 Å². The Balaban J connectivity index is 0.00000180. The molecular formula is C13H19NO4S. The minimum atomic E-state index is -4.14. The van der Waals surface area contributed by atoms with Crippen LogP contribution in [0.3, 0.4) is 0 Å². The zero-order chi connectivity index (χ0) is 13.7. The fourth-order valence-electron chi connectivity index (χ4n) is 2.53. The lowest BCUT2D eigenvalue weighted by atomic mass is 9.82. The van der Waals surface area contributed by atoms with Gasteiger partial charge in [0.25, 0.3) is 10.1 Å². The average molecular weight is 285 g/mol. The van der Waals surface area contributed by atoms with Crippen molar-refractivity contribution in [1.82, 2.24) is 0 Å². The maximum Gasteiger partial charge on any atom is 0.294 e. The van der Waals surface area contributed by atoms with E-state index in [1.165, 1.54) is 11.8 Å². The zero-order valence-corrected chi connectivity index (χ0v) is 12.3. The molecule has 0 atom stereocenters. The van der Waals surface area contributed by atoms with Crippen molar-refractivity contribution in [3.63, 3.8) is 0 Å². The van der Waals surface area contributed by atoms with Crippen LogP contribution in [0.2, 0.25) is 0 Å². The van der Waals surface area contributed by atoms with Crippen molar-refractivity contribution in [2.75, 3.05) is 6.54 Å². The molecular weight excluding hydrogens is 266 g/mol. The topological polar surface area (TPSA) is 87.4 Å². The number of nitrogens with zero attached hydrogens (tertiary/aromatic N) is 1. The molecule has 0 saturated carbocycles. The highest BCUT2D eigenvalue weighted by atomic mass is 32.2. The average Bonchev–Trinajstić information content (AvgIpc) is 2.46. The number of fused-ring (bicyclic) bond motifs is 1. The van der Waals surface area contributed by atoms with Crippen molar-refractivity contribution >= 4 is 21.5 Å². The highest BCUT2D eigenvalue weighted by molar-refractivity contribution is 7.85. The summed E-state index contributed by atoms with van der Waals surface area (Å²) in [7, 11) is -4.14. The minimum absolute atomic E-state index is 0. The minimum Gasteiger partial charge on any atom is -0.870 e. The molecule has 1 aliphatic heterocycles. The van der Waals surface area contributed by atoms with E-state index in [0.29, 0.717) is 0 Å². The molecule has 2 rings (SSSR count). The standard InChI is InChI=1S/C13H17NO3S.H2O/c1-5-14-9(2)13(3,4)11-8-10(18(15,16)17)6-7-12(11)14;/h6-8H,5H2,1-4H3;1H2. The molecule has 5 nitrogen and oxygen atoms in total. The summed E-state index contributed by atoms with van der Waals surface area (Å²) in [5, 5.41) is 0. The molecule has 1 aromatic rings. The Morgan fingerprint density at radius 2 is 1.89 bits per heavy atom. The quantitative estimate of drug-likeness (QED) is 0.666. The maximum absolute atomic E-state index is 11.2. The molecule has 19 heavy (non-hydrogen) atoms. The highest BCUT2D eigenvalue weighted by Gasteiger charge is 2.42. The van der Waals surface area contributed by atoms with Gasteiger partial charge in [-0.25, -0.2) is 0 Å². The third-order valence-corrected chi connectivity index (χ3v) is 4.71. The summed E-state index contributed by atoms with van der Waals surface area (Å²) in [5.41, 5.74) is 2.93. The second kappa shape index (κ2) is 4.70. The first-order valence-corrected chi connectivity index (χ1v) is 7.37. The summed E-state index contributed by atoms with van der Waals surface area (Å²) < 4.78 is 33.7. The van der Waals surface area contributed by atoms with E-state index in [1.807, 2.05) is 0 Å². The van der Waals surface area contributed by atoms with Gasteiger partial charge in [0.05, 0.1) is 10.3 Å². The monoisotopic (exact) mass is 285 g/mol. The van der Waals surface area contributed by atoms with E-state index in [-0.39, 0.29) is 15.8 Å². The molecule has 6 heteroatoms. The number of hydrogen-bond acceptors (Lipinski definition) is 3. The molecule has 0 radical (unpaired) electrons. The van der Waals surface area contributed by atoms with Gasteiger partial charge in [-0.15, -0.1) is 0 Å². The largest absolute Gasteiger partial charge is 0.870 e. The van der Waals surface area contributed by atoms with Crippen molar-refractivity contribution in [2.24, 2.45) is 0 Å². The van der Waals surface area contributed by atoms with Crippen LogP contribution in [0.1, 0.15) is 33.3 Å². The summed E-state index contributed by atoms with van der Waals surface area (Å²) >= 11 is 0. The van der Waals surface area contributed by atoms with Crippen LogP contribution in [0.25, 0.3) is 0 Å². The lowest BCUT2D eigenvalue weighted by molar-refractivity contribution is -0.434. The van der Waals surface area contributed by atoms with Crippen molar-refractivity contribution < 1.29 is 23.0 Å². The predicted molar refractivity (Wildman–Crippen MR) is 72.4 cm³/mol. The van der Waals surface area contributed by atoms with E-state index < -0.39 is 10.1 Å². The molecule has 2 N–H and O–H groups in total. The van der Waals surface area contributed by atoms with Crippen molar-refractivity contribution in [1.29, 1.82) is 0 Å². The molecule has 0 saturated heterocycles. The molecule has 0 bridgehead atoms. The molecule has 0 aliphatic carbocycles. The Morgan fingerprint density at radius 1 is 1.32 bits per heavy atom. The molecule has 0 unspecified atom stereocenters. The first-order valence-electron chi connectivity index (χ1n) is 5.93. The van der Waals surface area contributed by atoms with Gasteiger partial charge in [0.2, 0.25) is 5.69 Å². The SMILES string of the molecule is CC[N+]1=C(C)C(C)(C)c2cc(S(=O)(=O)O)ccc21.[OH-]. The van der Waals surface area contributed by atoms with Crippen LogP contribution in [0.4, 0.5) is 5.69 Å². The molecule has 0 fully saturated rings.